The number of halogens is 1. The topological polar surface area (TPSA) is 68.4 Å². The summed E-state index contributed by atoms with van der Waals surface area (Å²) in [6.45, 7) is 1.20. The van der Waals surface area contributed by atoms with E-state index < -0.39 is 4.92 Å². The zero-order chi connectivity index (χ0) is 20.4. The van der Waals surface area contributed by atoms with E-state index in [0.717, 1.165) is 25.1 Å². The van der Waals surface area contributed by atoms with Crippen molar-refractivity contribution in [1.82, 2.24) is 9.47 Å². The average Bonchev–Trinajstić information content (AvgIpc) is 3.47. The molecule has 148 valence electrons. The summed E-state index contributed by atoms with van der Waals surface area (Å²) in [5, 5.41) is 11.0. The van der Waals surface area contributed by atoms with E-state index in [4.69, 9.17) is 11.6 Å². The van der Waals surface area contributed by atoms with Crippen molar-refractivity contribution >= 4 is 23.2 Å². The van der Waals surface area contributed by atoms with E-state index in [9.17, 15) is 14.9 Å². The Kier molecular flexibility index (Phi) is 5.36. The van der Waals surface area contributed by atoms with Crippen molar-refractivity contribution in [2.75, 3.05) is 0 Å². The lowest BCUT2D eigenvalue weighted by Crippen LogP contribution is -2.33. The summed E-state index contributed by atoms with van der Waals surface area (Å²) in [6, 6.07) is 18.3. The van der Waals surface area contributed by atoms with Gasteiger partial charge < -0.3 is 9.47 Å². The molecule has 1 aliphatic rings. The predicted octanol–water partition coefficient (Wildman–Crippen LogP) is 4.90. The monoisotopic (exact) mass is 409 g/mol. The van der Waals surface area contributed by atoms with Crippen LogP contribution in [0.5, 0.6) is 0 Å². The number of nitro benzene ring substituents is 1. The van der Waals surface area contributed by atoms with E-state index in [0.29, 0.717) is 12.1 Å². The van der Waals surface area contributed by atoms with Crippen molar-refractivity contribution in [1.29, 1.82) is 0 Å². The predicted molar refractivity (Wildman–Crippen MR) is 111 cm³/mol. The van der Waals surface area contributed by atoms with Crippen LogP contribution in [0.4, 0.5) is 5.69 Å². The summed E-state index contributed by atoms with van der Waals surface area (Å²) >= 11 is 6.20. The van der Waals surface area contributed by atoms with Crippen LogP contribution in [0.25, 0.3) is 0 Å². The number of amides is 1. The molecule has 3 aromatic rings. The fraction of sp³-hybridized carbons (Fsp3) is 0.227. The minimum atomic E-state index is -0.519. The van der Waals surface area contributed by atoms with Gasteiger partial charge in [0.25, 0.3) is 11.6 Å². The van der Waals surface area contributed by atoms with Gasteiger partial charge >= 0.3 is 0 Å². The van der Waals surface area contributed by atoms with Crippen LogP contribution in [-0.4, -0.2) is 26.3 Å². The molecule has 0 atom stereocenters. The second-order valence-electron chi connectivity index (χ2n) is 7.20. The first-order valence-corrected chi connectivity index (χ1v) is 9.83. The number of nitrogens with zero attached hydrogens (tertiary/aromatic N) is 3. The highest BCUT2D eigenvalue weighted by molar-refractivity contribution is 6.34. The first-order chi connectivity index (χ1) is 14.0. The maximum Gasteiger partial charge on any atom is 0.270 e. The highest BCUT2D eigenvalue weighted by Crippen LogP contribution is 2.32. The minimum absolute atomic E-state index is 0.106. The van der Waals surface area contributed by atoms with Gasteiger partial charge in [-0.25, -0.2) is 0 Å². The van der Waals surface area contributed by atoms with Crippen LogP contribution in [0, 0.1) is 10.1 Å². The minimum Gasteiger partial charge on any atom is -0.345 e. The molecule has 29 heavy (non-hydrogen) atoms. The average molecular weight is 410 g/mol. The number of non-ortho nitro benzene ring substituents is 1. The van der Waals surface area contributed by atoms with E-state index in [1.54, 1.807) is 0 Å². The van der Waals surface area contributed by atoms with Gasteiger partial charge in [-0.2, -0.15) is 0 Å². The zero-order valence-corrected chi connectivity index (χ0v) is 16.5. The standard InChI is InChI=1S/C22H20ClN3O3/c23-21-13-18(26(28)29)10-11-20(21)22(27)25(17-8-9-17)15-19-7-4-12-24(19)14-16-5-2-1-3-6-16/h1-7,10-13,17H,8-9,14-15H2. The van der Waals surface area contributed by atoms with Crippen LogP contribution < -0.4 is 0 Å². The zero-order valence-electron chi connectivity index (χ0n) is 15.7. The van der Waals surface area contributed by atoms with Crippen molar-refractivity contribution in [3.63, 3.8) is 0 Å². The summed E-state index contributed by atoms with van der Waals surface area (Å²) in [7, 11) is 0. The van der Waals surface area contributed by atoms with Gasteiger partial charge in [-0.05, 0) is 36.6 Å². The Morgan fingerprint density at radius 1 is 1.14 bits per heavy atom. The van der Waals surface area contributed by atoms with E-state index in [1.165, 1.54) is 23.8 Å². The fourth-order valence-electron chi connectivity index (χ4n) is 3.40. The third-order valence-electron chi connectivity index (χ3n) is 5.09. The molecule has 1 aliphatic carbocycles. The van der Waals surface area contributed by atoms with Gasteiger partial charge in [-0.15, -0.1) is 0 Å². The second-order valence-corrected chi connectivity index (χ2v) is 7.61. The molecular formula is C22H20ClN3O3. The first kappa shape index (κ1) is 19.2. The van der Waals surface area contributed by atoms with E-state index >= 15 is 0 Å². The van der Waals surface area contributed by atoms with Crippen molar-refractivity contribution in [2.45, 2.75) is 32.0 Å². The first-order valence-electron chi connectivity index (χ1n) is 9.46. The Labute approximate surface area is 173 Å². The second kappa shape index (κ2) is 8.09. The van der Waals surface area contributed by atoms with Gasteiger partial charge in [-0.3, -0.25) is 14.9 Å². The van der Waals surface area contributed by atoms with Crippen LogP contribution in [0.15, 0.2) is 66.9 Å². The molecule has 0 aliphatic heterocycles. The number of benzene rings is 2. The van der Waals surface area contributed by atoms with Gasteiger partial charge in [0.1, 0.15) is 0 Å². The Bertz CT molecular complexity index is 1040. The Morgan fingerprint density at radius 3 is 2.55 bits per heavy atom. The molecule has 4 rings (SSSR count). The molecule has 0 N–H and O–H groups in total. The molecule has 1 saturated carbocycles. The molecule has 0 saturated heterocycles. The molecule has 7 heteroatoms. The Hall–Kier alpha value is -3.12. The summed E-state index contributed by atoms with van der Waals surface area (Å²) in [5.74, 6) is -0.195. The molecule has 1 fully saturated rings. The summed E-state index contributed by atoms with van der Waals surface area (Å²) in [5.41, 5.74) is 2.39. The van der Waals surface area contributed by atoms with Gasteiger partial charge in [-0.1, -0.05) is 41.9 Å². The maximum atomic E-state index is 13.2. The van der Waals surface area contributed by atoms with Crippen molar-refractivity contribution in [3.8, 4) is 0 Å². The molecular weight excluding hydrogens is 390 g/mol. The lowest BCUT2D eigenvalue weighted by molar-refractivity contribution is -0.384. The number of nitro groups is 1. The Balaban J connectivity index is 1.56. The molecule has 0 spiro atoms. The molecule has 1 heterocycles. The SMILES string of the molecule is O=C(c1ccc([N+](=O)[O-])cc1Cl)N(Cc1cccn1Cc1ccccc1)C1CC1. The number of carbonyl (C=O) groups excluding carboxylic acids is 1. The fourth-order valence-corrected chi connectivity index (χ4v) is 3.66. The summed E-state index contributed by atoms with van der Waals surface area (Å²) in [4.78, 5) is 25.4. The third-order valence-corrected chi connectivity index (χ3v) is 5.41. The van der Waals surface area contributed by atoms with Crippen molar-refractivity contribution < 1.29 is 9.72 Å². The van der Waals surface area contributed by atoms with Crippen LogP contribution >= 0.6 is 11.6 Å². The summed E-state index contributed by atoms with van der Waals surface area (Å²) in [6.07, 6.45) is 3.92. The van der Waals surface area contributed by atoms with Gasteiger partial charge in [0.2, 0.25) is 0 Å². The van der Waals surface area contributed by atoms with Gasteiger partial charge in [0.15, 0.2) is 0 Å². The smallest absolute Gasteiger partial charge is 0.270 e. The quantitative estimate of drug-likeness (QED) is 0.411. The summed E-state index contributed by atoms with van der Waals surface area (Å²) < 4.78 is 2.13. The van der Waals surface area contributed by atoms with Gasteiger partial charge in [0.05, 0.1) is 22.1 Å². The van der Waals surface area contributed by atoms with E-state index in [-0.39, 0.29) is 22.7 Å². The number of rotatable bonds is 7. The van der Waals surface area contributed by atoms with Crippen LogP contribution in [0.1, 0.15) is 34.5 Å². The molecule has 0 bridgehead atoms. The number of aromatic nitrogens is 1. The largest absolute Gasteiger partial charge is 0.345 e. The normalized spacial score (nSPS) is 13.3. The highest BCUT2D eigenvalue weighted by atomic mass is 35.5. The molecule has 2 aromatic carbocycles. The van der Waals surface area contributed by atoms with Crippen molar-refractivity contribution in [3.05, 3.63) is 98.8 Å². The van der Waals surface area contributed by atoms with Crippen molar-refractivity contribution in [2.24, 2.45) is 0 Å². The van der Waals surface area contributed by atoms with Crippen LogP contribution in [0.3, 0.4) is 0 Å². The molecule has 0 radical (unpaired) electrons. The number of hydrogen-bond acceptors (Lipinski definition) is 3. The molecule has 1 amide bonds. The number of hydrogen-bond donors (Lipinski definition) is 0. The van der Waals surface area contributed by atoms with E-state index in [2.05, 4.69) is 16.7 Å². The highest BCUT2D eigenvalue weighted by Gasteiger charge is 2.34. The van der Waals surface area contributed by atoms with E-state index in [1.807, 2.05) is 41.4 Å². The molecule has 1 aromatic heterocycles. The Morgan fingerprint density at radius 2 is 1.90 bits per heavy atom. The lowest BCUT2D eigenvalue weighted by Gasteiger charge is -2.24. The lowest BCUT2D eigenvalue weighted by atomic mass is 10.1. The number of carbonyl (C=O) groups is 1. The van der Waals surface area contributed by atoms with Gasteiger partial charge in [0, 0.05) is 36.6 Å². The third kappa shape index (κ3) is 4.32. The maximum absolute atomic E-state index is 13.2. The molecule has 0 unspecified atom stereocenters. The molecule has 6 nitrogen and oxygen atoms in total. The van der Waals surface area contributed by atoms with Crippen LogP contribution in [-0.2, 0) is 13.1 Å². The van der Waals surface area contributed by atoms with Crippen LogP contribution in [0.2, 0.25) is 5.02 Å².